The van der Waals surface area contributed by atoms with Gasteiger partial charge in [0.2, 0.25) is 11.8 Å². The Hall–Kier alpha value is -5.12. The minimum absolute atomic E-state index is 0.380. The van der Waals surface area contributed by atoms with Gasteiger partial charge in [0, 0.05) is 35.6 Å². The number of ether oxygens (including phenoxy) is 1. The maximum Gasteiger partial charge on any atom is 0.240 e. The lowest BCUT2D eigenvalue weighted by molar-refractivity contribution is -0.131. The van der Waals surface area contributed by atoms with Crippen molar-refractivity contribution in [1.29, 1.82) is 0 Å². The summed E-state index contributed by atoms with van der Waals surface area (Å²) in [6.45, 7) is 0. The van der Waals surface area contributed by atoms with E-state index < -0.39 is 17.1 Å². The van der Waals surface area contributed by atoms with E-state index in [1.165, 1.54) is 29.1 Å². The molecule has 39 heavy (non-hydrogen) atoms. The van der Waals surface area contributed by atoms with Crippen molar-refractivity contribution in [3.05, 3.63) is 91.0 Å². The molecular formula is C29H23FN6O3. The predicted molar refractivity (Wildman–Crippen MR) is 144 cm³/mol. The summed E-state index contributed by atoms with van der Waals surface area (Å²) in [7, 11) is 1.77. The topological polar surface area (TPSA) is 111 Å². The van der Waals surface area contributed by atoms with E-state index in [1.54, 1.807) is 49.8 Å². The Morgan fingerprint density at radius 2 is 1.59 bits per heavy atom. The number of nitrogens with zero attached hydrogens (tertiary/aromatic N) is 4. The highest BCUT2D eigenvalue weighted by molar-refractivity contribution is 6.16. The van der Waals surface area contributed by atoms with Gasteiger partial charge in [-0.2, -0.15) is 15.0 Å². The number of carbonyl (C=O) groups is 2. The fourth-order valence-corrected chi connectivity index (χ4v) is 4.30. The van der Waals surface area contributed by atoms with Gasteiger partial charge in [0.15, 0.2) is 0 Å². The van der Waals surface area contributed by atoms with Crippen LogP contribution in [0.1, 0.15) is 12.8 Å². The molecular weight excluding hydrogens is 499 g/mol. The van der Waals surface area contributed by atoms with Gasteiger partial charge >= 0.3 is 0 Å². The quantitative estimate of drug-likeness (QED) is 0.280. The van der Waals surface area contributed by atoms with Crippen molar-refractivity contribution < 1.29 is 18.7 Å². The molecule has 0 spiro atoms. The van der Waals surface area contributed by atoms with Crippen LogP contribution < -0.4 is 15.4 Å². The fraction of sp³-hybridized carbons (Fsp3) is 0.138. The lowest BCUT2D eigenvalue weighted by Crippen LogP contribution is -2.35. The van der Waals surface area contributed by atoms with E-state index in [9.17, 15) is 14.0 Å². The second-order valence-corrected chi connectivity index (χ2v) is 9.38. The second kappa shape index (κ2) is 9.64. The average Bonchev–Trinajstić information content (AvgIpc) is 3.65. The highest BCUT2D eigenvalue weighted by atomic mass is 19.1. The van der Waals surface area contributed by atoms with Gasteiger partial charge in [-0.1, -0.05) is 6.07 Å². The lowest BCUT2D eigenvalue weighted by Gasteiger charge is -2.16. The molecule has 9 nitrogen and oxygen atoms in total. The number of aryl methyl sites for hydroxylation is 1. The number of rotatable bonds is 7. The van der Waals surface area contributed by atoms with Gasteiger partial charge in [-0.25, -0.2) is 4.39 Å². The van der Waals surface area contributed by atoms with Crippen LogP contribution in [0.25, 0.3) is 22.2 Å². The highest BCUT2D eigenvalue weighted by Crippen LogP contribution is 2.47. The molecule has 0 aliphatic heterocycles. The summed E-state index contributed by atoms with van der Waals surface area (Å²) in [4.78, 5) is 31.7. The number of hydrogen-bond acceptors (Lipinski definition) is 6. The molecule has 1 fully saturated rings. The van der Waals surface area contributed by atoms with Crippen molar-refractivity contribution in [1.82, 2.24) is 20.0 Å². The summed E-state index contributed by atoms with van der Waals surface area (Å²) in [6.07, 6.45) is 4.27. The monoisotopic (exact) mass is 522 g/mol. The minimum atomic E-state index is -1.14. The first-order valence-corrected chi connectivity index (χ1v) is 12.3. The Balaban J connectivity index is 1.13. The zero-order chi connectivity index (χ0) is 27.0. The van der Waals surface area contributed by atoms with Gasteiger partial charge in [-0.15, -0.1) is 0 Å². The summed E-state index contributed by atoms with van der Waals surface area (Å²) in [5, 5.41) is 14.8. The number of pyridine rings is 1. The van der Waals surface area contributed by atoms with E-state index in [-0.39, 0.29) is 5.91 Å². The van der Waals surface area contributed by atoms with Crippen molar-refractivity contribution >= 4 is 34.1 Å². The molecule has 5 aromatic rings. The van der Waals surface area contributed by atoms with E-state index in [1.807, 2.05) is 18.2 Å². The first kappa shape index (κ1) is 24.2. The van der Waals surface area contributed by atoms with Gasteiger partial charge in [0.05, 0.1) is 11.7 Å². The van der Waals surface area contributed by atoms with Crippen LogP contribution in [-0.4, -0.2) is 31.8 Å². The number of anilines is 2. The molecule has 0 radical (unpaired) electrons. The molecule has 0 atom stereocenters. The molecule has 2 amide bonds. The summed E-state index contributed by atoms with van der Waals surface area (Å²) in [6, 6.07) is 20.0. The SMILES string of the molecule is Cn1ncc(-c2ccc3c(Oc4ccc(NC(=O)C5(C(=O)Nc6ccc(F)cc6)CC5)cc4)ccnc3c2)n1. The van der Waals surface area contributed by atoms with Crippen molar-refractivity contribution in [3.8, 4) is 22.8 Å². The molecule has 1 aliphatic rings. The van der Waals surface area contributed by atoms with Crippen molar-refractivity contribution in [2.24, 2.45) is 12.5 Å². The first-order valence-electron chi connectivity index (χ1n) is 12.3. The Bertz CT molecular complexity index is 1700. The number of fused-ring (bicyclic) bond motifs is 1. The van der Waals surface area contributed by atoms with Crippen LogP contribution in [-0.2, 0) is 16.6 Å². The molecule has 194 valence electrons. The van der Waals surface area contributed by atoms with Crippen LogP contribution in [0.4, 0.5) is 15.8 Å². The zero-order valence-electron chi connectivity index (χ0n) is 20.9. The van der Waals surface area contributed by atoms with Crippen LogP contribution in [0.15, 0.2) is 85.2 Å². The number of benzene rings is 3. The molecule has 3 aromatic carbocycles. The number of hydrogen-bond donors (Lipinski definition) is 2. The Morgan fingerprint density at radius 3 is 2.21 bits per heavy atom. The largest absolute Gasteiger partial charge is 0.457 e. The van der Waals surface area contributed by atoms with Crippen LogP contribution >= 0.6 is 0 Å². The van der Waals surface area contributed by atoms with E-state index >= 15 is 0 Å². The fourth-order valence-electron chi connectivity index (χ4n) is 4.30. The van der Waals surface area contributed by atoms with Gasteiger partial charge < -0.3 is 15.4 Å². The number of halogens is 1. The van der Waals surface area contributed by atoms with Crippen molar-refractivity contribution in [2.75, 3.05) is 10.6 Å². The Morgan fingerprint density at radius 1 is 0.923 bits per heavy atom. The van der Waals surface area contributed by atoms with Crippen LogP contribution in [0.2, 0.25) is 0 Å². The highest BCUT2D eigenvalue weighted by Gasteiger charge is 2.56. The molecule has 0 saturated heterocycles. The maximum atomic E-state index is 13.1. The van der Waals surface area contributed by atoms with Crippen LogP contribution in [0, 0.1) is 11.2 Å². The molecule has 1 aliphatic carbocycles. The molecule has 0 bridgehead atoms. The summed E-state index contributed by atoms with van der Waals surface area (Å²) < 4.78 is 19.3. The minimum Gasteiger partial charge on any atom is -0.457 e. The number of amides is 2. The second-order valence-electron chi connectivity index (χ2n) is 9.38. The van der Waals surface area contributed by atoms with E-state index in [4.69, 9.17) is 4.74 Å². The van der Waals surface area contributed by atoms with Gasteiger partial charge in [0.1, 0.15) is 28.4 Å². The predicted octanol–water partition coefficient (Wildman–Crippen LogP) is 5.32. The van der Waals surface area contributed by atoms with Crippen LogP contribution in [0.3, 0.4) is 0 Å². The van der Waals surface area contributed by atoms with Crippen LogP contribution in [0.5, 0.6) is 11.5 Å². The molecule has 1 saturated carbocycles. The summed E-state index contributed by atoms with van der Waals surface area (Å²) >= 11 is 0. The van der Waals surface area contributed by atoms with Gasteiger partial charge in [0.25, 0.3) is 0 Å². The normalized spacial score (nSPS) is 13.6. The van der Waals surface area contributed by atoms with E-state index in [2.05, 4.69) is 25.8 Å². The number of carbonyl (C=O) groups excluding carboxylic acids is 2. The number of nitrogens with one attached hydrogen (secondary N) is 2. The molecule has 2 N–H and O–H groups in total. The molecule has 6 rings (SSSR count). The molecule has 2 heterocycles. The maximum absolute atomic E-state index is 13.1. The van der Waals surface area contributed by atoms with Crippen molar-refractivity contribution in [3.63, 3.8) is 0 Å². The third-order valence-corrected chi connectivity index (χ3v) is 6.66. The Labute approximate surface area is 222 Å². The molecule has 0 unspecified atom stereocenters. The smallest absolute Gasteiger partial charge is 0.240 e. The van der Waals surface area contributed by atoms with Gasteiger partial charge in [-0.05, 0) is 79.6 Å². The average molecular weight is 523 g/mol. The first-order chi connectivity index (χ1) is 18.9. The van der Waals surface area contributed by atoms with Crippen molar-refractivity contribution in [2.45, 2.75) is 12.8 Å². The zero-order valence-corrected chi connectivity index (χ0v) is 20.9. The van der Waals surface area contributed by atoms with E-state index in [0.29, 0.717) is 35.7 Å². The summed E-state index contributed by atoms with van der Waals surface area (Å²) in [5.74, 6) is 0.0305. The van der Waals surface area contributed by atoms with E-state index in [0.717, 1.165) is 22.2 Å². The standard InChI is InChI=1S/C29H23FN6O3/c1-36-32-17-25(35-36)18-2-11-23-24(16-18)31-15-12-26(23)39-22-9-7-21(8-10-22)34-28(38)29(13-14-29)27(37)33-20-5-3-19(30)4-6-20/h2-12,15-17H,13-14H2,1H3,(H,33,37)(H,34,38). The lowest BCUT2D eigenvalue weighted by atomic mass is 10.0. The van der Waals surface area contributed by atoms with Gasteiger partial charge in [-0.3, -0.25) is 14.6 Å². The Kier molecular flexibility index (Phi) is 5.99. The molecule has 10 heteroatoms. The third kappa shape index (κ3) is 4.91. The molecule has 2 aromatic heterocycles. The summed E-state index contributed by atoms with van der Waals surface area (Å²) in [5.41, 5.74) is 2.26. The number of aromatic nitrogens is 4. The third-order valence-electron chi connectivity index (χ3n) is 6.66.